The fourth-order valence-corrected chi connectivity index (χ4v) is 9.63. The van der Waals surface area contributed by atoms with E-state index in [1.54, 1.807) is 0 Å². The molecule has 0 aromatic heterocycles. The number of hydrogen-bond donors (Lipinski definition) is 0. The highest BCUT2D eigenvalue weighted by molar-refractivity contribution is 5.71. The van der Waals surface area contributed by atoms with Crippen molar-refractivity contribution in [2.45, 2.75) is 341 Å². The highest BCUT2D eigenvalue weighted by Crippen LogP contribution is 2.17. The van der Waals surface area contributed by atoms with Crippen LogP contribution in [0.25, 0.3) is 0 Å². The summed E-state index contributed by atoms with van der Waals surface area (Å²) >= 11 is 0. The molecule has 1 unspecified atom stereocenters. The van der Waals surface area contributed by atoms with Crippen molar-refractivity contribution in [2.75, 3.05) is 13.2 Å². The molecular formula is C72H126O6. The summed E-state index contributed by atoms with van der Waals surface area (Å²) in [4.78, 5) is 38.4. The molecule has 0 saturated carbocycles. The molecule has 0 aliphatic carbocycles. The maximum absolute atomic E-state index is 12.9. The van der Waals surface area contributed by atoms with E-state index in [1.165, 1.54) is 173 Å². The second kappa shape index (κ2) is 66.1. The smallest absolute Gasteiger partial charge is 0.306 e. The second-order valence-corrected chi connectivity index (χ2v) is 22.4. The molecule has 0 saturated heterocycles. The lowest BCUT2D eigenvalue weighted by molar-refractivity contribution is -0.167. The van der Waals surface area contributed by atoms with E-state index >= 15 is 0 Å². The zero-order valence-electron chi connectivity index (χ0n) is 51.7. The van der Waals surface area contributed by atoms with Crippen LogP contribution in [-0.4, -0.2) is 37.2 Å². The van der Waals surface area contributed by atoms with Gasteiger partial charge in [0, 0.05) is 19.3 Å². The molecule has 6 heteroatoms. The molecule has 0 spiro atoms. The van der Waals surface area contributed by atoms with Crippen LogP contribution < -0.4 is 0 Å². The third-order valence-electron chi connectivity index (χ3n) is 14.6. The van der Waals surface area contributed by atoms with Crippen LogP contribution in [0, 0.1) is 0 Å². The van der Waals surface area contributed by atoms with E-state index in [4.69, 9.17) is 14.2 Å². The average molecular weight is 1090 g/mol. The fourth-order valence-electron chi connectivity index (χ4n) is 9.63. The molecule has 0 aliphatic rings. The maximum atomic E-state index is 12.9. The highest BCUT2D eigenvalue weighted by atomic mass is 16.6. The van der Waals surface area contributed by atoms with E-state index in [-0.39, 0.29) is 31.1 Å². The predicted octanol–water partition coefficient (Wildman–Crippen LogP) is 23.1. The number of ether oxygens (including phenoxy) is 3. The molecule has 0 heterocycles. The number of rotatable bonds is 61. The number of hydrogen-bond acceptors (Lipinski definition) is 6. The summed E-state index contributed by atoms with van der Waals surface area (Å²) in [5.41, 5.74) is 0. The van der Waals surface area contributed by atoms with Gasteiger partial charge in [-0.3, -0.25) is 14.4 Å². The first-order valence-corrected chi connectivity index (χ1v) is 33.6. The molecule has 0 aromatic rings. The second-order valence-electron chi connectivity index (χ2n) is 22.4. The fraction of sp³-hybridized carbons (Fsp3) is 0.764. The predicted molar refractivity (Wildman–Crippen MR) is 339 cm³/mol. The Hall–Kier alpha value is -3.41. The standard InChI is InChI=1S/C72H126O6/c1-4-7-10-13-16-19-22-25-27-29-31-33-35-36-37-39-40-42-44-47-50-53-56-59-62-65-71(74)77-68-69(67-76-70(73)64-61-58-55-52-49-46-24-21-18-15-12-9-6-3)78-72(75)66-63-60-57-54-51-48-45-43-41-38-34-32-30-28-26-23-20-17-14-11-8-5-2/h7,10,12,15-16,19,21,24-25,27,31,33,36-37,69H,4-6,8-9,11,13-14,17-18,20,22-23,26,28-30,32,34-35,38-68H2,1-3H3/b10-7-,15-12-,19-16-,24-21-,27-25-,33-31-,37-36-. The van der Waals surface area contributed by atoms with Gasteiger partial charge in [-0.15, -0.1) is 0 Å². The molecule has 0 aromatic carbocycles. The summed E-state index contributed by atoms with van der Waals surface area (Å²) in [6, 6.07) is 0. The lowest BCUT2D eigenvalue weighted by atomic mass is 10.0. The molecule has 0 rings (SSSR count). The first kappa shape index (κ1) is 74.6. The molecule has 0 amide bonds. The van der Waals surface area contributed by atoms with Gasteiger partial charge in [0.05, 0.1) is 0 Å². The third kappa shape index (κ3) is 63.4. The summed E-state index contributed by atoms with van der Waals surface area (Å²) in [5, 5.41) is 0. The number of unbranched alkanes of at least 4 members (excludes halogenated alkanes) is 36. The number of carbonyl (C=O) groups is 3. The Balaban J connectivity index is 4.30. The van der Waals surface area contributed by atoms with Crippen LogP contribution in [0.5, 0.6) is 0 Å². The first-order valence-electron chi connectivity index (χ1n) is 33.6. The molecule has 1 atom stereocenters. The first-order chi connectivity index (χ1) is 38.5. The zero-order valence-corrected chi connectivity index (χ0v) is 51.7. The van der Waals surface area contributed by atoms with Crippen LogP contribution >= 0.6 is 0 Å². The Morgan fingerprint density at radius 2 is 0.526 bits per heavy atom. The van der Waals surface area contributed by atoms with Gasteiger partial charge >= 0.3 is 17.9 Å². The van der Waals surface area contributed by atoms with Gasteiger partial charge in [0.25, 0.3) is 0 Å². The minimum atomic E-state index is -0.785. The largest absolute Gasteiger partial charge is 0.462 e. The van der Waals surface area contributed by atoms with Crippen molar-refractivity contribution in [2.24, 2.45) is 0 Å². The molecule has 78 heavy (non-hydrogen) atoms. The van der Waals surface area contributed by atoms with E-state index in [0.29, 0.717) is 19.3 Å². The van der Waals surface area contributed by atoms with Crippen LogP contribution in [0.2, 0.25) is 0 Å². The summed E-state index contributed by atoms with van der Waals surface area (Å²) < 4.78 is 16.9. The van der Waals surface area contributed by atoms with Crippen LogP contribution in [0.15, 0.2) is 85.1 Å². The van der Waals surface area contributed by atoms with Gasteiger partial charge in [0.15, 0.2) is 6.10 Å². The van der Waals surface area contributed by atoms with Crippen molar-refractivity contribution in [3.05, 3.63) is 85.1 Å². The molecular weight excluding hydrogens is 961 g/mol. The van der Waals surface area contributed by atoms with E-state index in [2.05, 4.69) is 106 Å². The summed E-state index contributed by atoms with van der Waals surface area (Å²) in [7, 11) is 0. The minimum Gasteiger partial charge on any atom is -0.462 e. The molecule has 0 fully saturated rings. The SMILES string of the molecule is CC/C=C\C/C=C\C/C=C\C/C=C\C/C=C\CCCCCCCCCCCC(=O)OCC(COC(=O)CCCCCCC/C=C\C/C=C\CCC)OC(=O)CCCCCCCCCCCCCCCCCCCCCCCC. The van der Waals surface area contributed by atoms with E-state index in [1.807, 2.05) is 0 Å². The third-order valence-corrected chi connectivity index (χ3v) is 14.6. The molecule has 0 bridgehead atoms. The van der Waals surface area contributed by atoms with E-state index in [9.17, 15) is 14.4 Å². The van der Waals surface area contributed by atoms with E-state index < -0.39 is 6.10 Å². The van der Waals surface area contributed by atoms with Crippen LogP contribution in [0.3, 0.4) is 0 Å². The van der Waals surface area contributed by atoms with Crippen LogP contribution in [0.4, 0.5) is 0 Å². The Bertz CT molecular complexity index is 1480. The molecule has 0 radical (unpaired) electrons. The van der Waals surface area contributed by atoms with Gasteiger partial charge in [-0.2, -0.15) is 0 Å². The molecule has 6 nitrogen and oxygen atoms in total. The lowest BCUT2D eigenvalue weighted by Gasteiger charge is -2.18. The highest BCUT2D eigenvalue weighted by Gasteiger charge is 2.19. The van der Waals surface area contributed by atoms with Gasteiger partial charge in [-0.05, 0) is 89.9 Å². The Labute approximate surface area is 484 Å². The lowest BCUT2D eigenvalue weighted by Crippen LogP contribution is -2.30. The molecule has 0 N–H and O–H groups in total. The zero-order chi connectivity index (χ0) is 56.4. The normalized spacial score (nSPS) is 12.6. The van der Waals surface area contributed by atoms with Crippen LogP contribution in [-0.2, 0) is 28.6 Å². The quantitative estimate of drug-likeness (QED) is 0.0261. The Kier molecular flexibility index (Phi) is 63.2. The van der Waals surface area contributed by atoms with Crippen molar-refractivity contribution >= 4 is 17.9 Å². The van der Waals surface area contributed by atoms with Crippen molar-refractivity contribution in [1.29, 1.82) is 0 Å². The van der Waals surface area contributed by atoms with Gasteiger partial charge in [-0.25, -0.2) is 0 Å². The topological polar surface area (TPSA) is 78.9 Å². The van der Waals surface area contributed by atoms with Gasteiger partial charge in [0.2, 0.25) is 0 Å². The van der Waals surface area contributed by atoms with Gasteiger partial charge in [0.1, 0.15) is 13.2 Å². The monoisotopic (exact) mass is 1090 g/mol. The van der Waals surface area contributed by atoms with Crippen molar-refractivity contribution in [3.63, 3.8) is 0 Å². The minimum absolute atomic E-state index is 0.0816. The summed E-state index contributed by atoms with van der Waals surface area (Å²) in [6.07, 6.45) is 87.4. The van der Waals surface area contributed by atoms with Gasteiger partial charge in [-0.1, -0.05) is 311 Å². The van der Waals surface area contributed by atoms with Gasteiger partial charge < -0.3 is 14.2 Å². The van der Waals surface area contributed by atoms with Crippen molar-refractivity contribution < 1.29 is 28.6 Å². The Morgan fingerprint density at radius 1 is 0.269 bits per heavy atom. The number of esters is 3. The molecule has 450 valence electrons. The summed E-state index contributed by atoms with van der Waals surface area (Å²) in [6.45, 7) is 6.49. The van der Waals surface area contributed by atoms with Crippen LogP contribution in [0.1, 0.15) is 335 Å². The Morgan fingerprint density at radius 3 is 0.833 bits per heavy atom. The van der Waals surface area contributed by atoms with Crippen molar-refractivity contribution in [3.8, 4) is 0 Å². The summed E-state index contributed by atoms with van der Waals surface area (Å²) in [5.74, 6) is -0.885. The number of allylic oxidation sites excluding steroid dienone is 14. The average Bonchev–Trinajstić information content (AvgIpc) is 3.44. The van der Waals surface area contributed by atoms with E-state index in [0.717, 1.165) is 122 Å². The molecule has 0 aliphatic heterocycles. The number of carbonyl (C=O) groups excluding carboxylic acids is 3. The van der Waals surface area contributed by atoms with Crippen molar-refractivity contribution in [1.82, 2.24) is 0 Å². The maximum Gasteiger partial charge on any atom is 0.306 e.